The third kappa shape index (κ3) is 3.14. The van der Waals surface area contributed by atoms with Crippen LogP contribution in [-0.4, -0.2) is 46.3 Å². The number of hydrogen-bond donors (Lipinski definition) is 0. The maximum Gasteiger partial charge on any atom is 0.254 e. The smallest absolute Gasteiger partial charge is 0.254 e. The number of aryl methyl sites for hydroxylation is 1. The number of carbonyl (C=O) groups excluding carboxylic acids is 1. The quantitative estimate of drug-likeness (QED) is 0.786. The number of piperazine rings is 1. The van der Waals surface area contributed by atoms with Gasteiger partial charge in [0.2, 0.25) is 5.13 Å². The Morgan fingerprint density at radius 3 is 2.26 bits per heavy atom. The average Bonchev–Trinajstić information content (AvgIpc) is 2.98. The van der Waals surface area contributed by atoms with Crippen molar-refractivity contribution in [3.05, 3.63) is 41.0 Å². The Bertz CT molecular complexity index is 720. The highest BCUT2D eigenvalue weighted by Crippen LogP contribution is 2.20. The molecule has 2 aromatic rings. The minimum atomic E-state index is -1.57. The summed E-state index contributed by atoms with van der Waals surface area (Å²) in [6.45, 7) is 3.67. The maximum absolute atomic E-state index is 13.2. The molecule has 0 unspecified atom stereocenters. The molecule has 0 N–H and O–H groups in total. The highest BCUT2D eigenvalue weighted by atomic mass is 32.1. The Kier molecular flexibility index (Phi) is 4.20. The molecular weight excluding hydrogens is 329 g/mol. The highest BCUT2D eigenvalue weighted by molar-refractivity contribution is 7.09. The van der Waals surface area contributed by atoms with Crippen LogP contribution in [0.15, 0.2) is 12.1 Å². The van der Waals surface area contributed by atoms with Gasteiger partial charge in [0.1, 0.15) is 5.82 Å². The predicted molar refractivity (Wildman–Crippen MR) is 79.1 cm³/mol. The third-order valence-electron chi connectivity index (χ3n) is 3.59. The van der Waals surface area contributed by atoms with Crippen LogP contribution in [0.25, 0.3) is 0 Å². The monoisotopic (exact) mass is 342 g/mol. The molecule has 1 aliphatic rings. The molecule has 1 aromatic carbocycles. The van der Waals surface area contributed by atoms with E-state index in [0.29, 0.717) is 32.0 Å². The number of amides is 1. The van der Waals surface area contributed by atoms with Gasteiger partial charge in [0, 0.05) is 43.3 Å². The highest BCUT2D eigenvalue weighted by Gasteiger charge is 2.25. The van der Waals surface area contributed by atoms with Gasteiger partial charge in [-0.15, -0.1) is 0 Å². The van der Waals surface area contributed by atoms with Crippen LogP contribution in [0.1, 0.15) is 16.2 Å². The van der Waals surface area contributed by atoms with Gasteiger partial charge in [0.15, 0.2) is 17.5 Å². The minimum Gasteiger partial charge on any atom is -0.343 e. The van der Waals surface area contributed by atoms with Crippen molar-refractivity contribution < 1.29 is 18.0 Å². The first-order chi connectivity index (χ1) is 11.0. The van der Waals surface area contributed by atoms with Gasteiger partial charge < -0.3 is 9.80 Å². The fourth-order valence-electron chi connectivity index (χ4n) is 2.38. The van der Waals surface area contributed by atoms with Crippen LogP contribution in [0.3, 0.4) is 0 Å². The molecule has 1 fully saturated rings. The summed E-state index contributed by atoms with van der Waals surface area (Å²) >= 11 is 1.29. The summed E-state index contributed by atoms with van der Waals surface area (Å²) in [5, 5.41) is 0.786. The second-order valence-electron chi connectivity index (χ2n) is 5.16. The fourth-order valence-corrected chi connectivity index (χ4v) is 3.10. The van der Waals surface area contributed by atoms with E-state index in [1.54, 1.807) is 6.92 Å². The molecule has 122 valence electrons. The predicted octanol–water partition coefficient (Wildman–Crippen LogP) is 2.23. The lowest BCUT2D eigenvalue weighted by atomic mass is 10.1. The molecule has 0 aliphatic carbocycles. The zero-order valence-corrected chi connectivity index (χ0v) is 13.0. The standard InChI is InChI=1S/C14H13F3N4OS/c1-8-18-14(23-19-8)21-4-2-20(3-5-21)13(22)9-6-10(15)12(17)11(16)7-9/h6-7H,2-5H2,1H3. The molecule has 1 aliphatic heterocycles. The van der Waals surface area contributed by atoms with Gasteiger partial charge in [-0.2, -0.15) is 4.37 Å². The summed E-state index contributed by atoms with van der Waals surface area (Å²) < 4.78 is 43.6. The first kappa shape index (κ1) is 15.7. The van der Waals surface area contributed by atoms with Gasteiger partial charge >= 0.3 is 0 Å². The molecule has 0 saturated carbocycles. The van der Waals surface area contributed by atoms with Crippen LogP contribution >= 0.6 is 11.5 Å². The molecule has 5 nitrogen and oxygen atoms in total. The van der Waals surface area contributed by atoms with Crippen molar-refractivity contribution in [1.82, 2.24) is 14.3 Å². The van der Waals surface area contributed by atoms with E-state index in [0.717, 1.165) is 17.3 Å². The number of benzene rings is 1. The SMILES string of the molecule is Cc1nsc(N2CCN(C(=O)c3cc(F)c(F)c(F)c3)CC2)n1. The van der Waals surface area contributed by atoms with E-state index in [2.05, 4.69) is 9.36 Å². The van der Waals surface area contributed by atoms with Gasteiger partial charge in [-0.05, 0) is 19.1 Å². The van der Waals surface area contributed by atoms with Crippen LogP contribution in [0.4, 0.5) is 18.3 Å². The van der Waals surface area contributed by atoms with Crippen molar-refractivity contribution in [2.75, 3.05) is 31.1 Å². The zero-order chi connectivity index (χ0) is 16.6. The maximum atomic E-state index is 13.2. The van der Waals surface area contributed by atoms with Crippen molar-refractivity contribution in [3.8, 4) is 0 Å². The van der Waals surface area contributed by atoms with E-state index in [1.165, 1.54) is 16.4 Å². The van der Waals surface area contributed by atoms with E-state index in [1.807, 2.05) is 4.90 Å². The Morgan fingerprint density at radius 2 is 1.74 bits per heavy atom. The van der Waals surface area contributed by atoms with Crippen LogP contribution in [-0.2, 0) is 0 Å². The first-order valence-electron chi connectivity index (χ1n) is 6.95. The van der Waals surface area contributed by atoms with E-state index in [9.17, 15) is 18.0 Å². The first-order valence-corrected chi connectivity index (χ1v) is 7.72. The van der Waals surface area contributed by atoms with Gasteiger partial charge in [-0.25, -0.2) is 18.2 Å². The van der Waals surface area contributed by atoms with Crippen molar-refractivity contribution in [2.45, 2.75) is 6.92 Å². The van der Waals surface area contributed by atoms with E-state index >= 15 is 0 Å². The van der Waals surface area contributed by atoms with Crippen LogP contribution in [0, 0.1) is 24.4 Å². The molecular formula is C14H13F3N4OS. The molecule has 3 rings (SSSR count). The second kappa shape index (κ2) is 6.15. The van der Waals surface area contributed by atoms with Crippen molar-refractivity contribution in [3.63, 3.8) is 0 Å². The van der Waals surface area contributed by atoms with Crippen LogP contribution < -0.4 is 4.90 Å². The molecule has 0 bridgehead atoms. The normalized spacial score (nSPS) is 15.1. The molecule has 1 saturated heterocycles. The summed E-state index contributed by atoms with van der Waals surface area (Å²) in [6.07, 6.45) is 0. The minimum absolute atomic E-state index is 0.193. The van der Waals surface area contributed by atoms with Gasteiger partial charge in [-0.3, -0.25) is 4.79 Å². The Morgan fingerprint density at radius 1 is 1.13 bits per heavy atom. The molecule has 9 heteroatoms. The molecule has 1 aromatic heterocycles. The number of rotatable bonds is 2. The number of aromatic nitrogens is 2. The summed E-state index contributed by atoms with van der Waals surface area (Å²) in [5.41, 5.74) is -0.193. The molecule has 1 amide bonds. The van der Waals surface area contributed by atoms with Gasteiger partial charge in [-0.1, -0.05) is 0 Å². The Balaban J connectivity index is 1.69. The average molecular weight is 342 g/mol. The van der Waals surface area contributed by atoms with Gasteiger partial charge in [0.05, 0.1) is 0 Å². The molecule has 0 atom stereocenters. The largest absolute Gasteiger partial charge is 0.343 e. The molecule has 23 heavy (non-hydrogen) atoms. The lowest BCUT2D eigenvalue weighted by Crippen LogP contribution is -2.48. The number of halogens is 3. The summed E-state index contributed by atoms with van der Waals surface area (Å²) in [5.74, 6) is -4.12. The molecule has 2 heterocycles. The fraction of sp³-hybridized carbons (Fsp3) is 0.357. The number of hydrogen-bond acceptors (Lipinski definition) is 5. The van der Waals surface area contributed by atoms with E-state index in [4.69, 9.17) is 0 Å². The van der Waals surface area contributed by atoms with Crippen molar-refractivity contribution in [1.29, 1.82) is 0 Å². The van der Waals surface area contributed by atoms with E-state index < -0.39 is 23.4 Å². The lowest BCUT2D eigenvalue weighted by molar-refractivity contribution is 0.0745. The Labute approximate surface area is 134 Å². The lowest BCUT2D eigenvalue weighted by Gasteiger charge is -2.34. The summed E-state index contributed by atoms with van der Waals surface area (Å²) in [6, 6.07) is 1.45. The van der Waals surface area contributed by atoms with Crippen LogP contribution in [0.2, 0.25) is 0 Å². The topological polar surface area (TPSA) is 49.3 Å². The number of anilines is 1. The summed E-state index contributed by atoms with van der Waals surface area (Å²) in [7, 11) is 0. The summed E-state index contributed by atoms with van der Waals surface area (Å²) in [4.78, 5) is 20.1. The van der Waals surface area contributed by atoms with Crippen LogP contribution in [0.5, 0.6) is 0 Å². The Hall–Kier alpha value is -2.16. The second-order valence-corrected chi connectivity index (χ2v) is 5.89. The third-order valence-corrected chi connectivity index (χ3v) is 4.45. The zero-order valence-electron chi connectivity index (χ0n) is 12.2. The number of carbonyl (C=O) groups is 1. The van der Waals surface area contributed by atoms with E-state index in [-0.39, 0.29) is 5.56 Å². The number of nitrogens with zero attached hydrogens (tertiary/aromatic N) is 4. The molecule has 0 radical (unpaired) electrons. The van der Waals surface area contributed by atoms with Crippen molar-refractivity contribution in [2.24, 2.45) is 0 Å². The molecule has 0 spiro atoms. The van der Waals surface area contributed by atoms with Crippen molar-refractivity contribution >= 4 is 22.6 Å². The van der Waals surface area contributed by atoms with Gasteiger partial charge in [0.25, 0.3) is 5.91 Å².